The molecule has 0 fully saturated rings. The van der Waals surface area contributed by atoms with E-state index in [1.165, 1.54) is 18.2 Å². The van der Waals surface area contributed by atoms with E-state index in [9.17, 15) is 18.4 Å². The summed E-state index contributed by atoms with van der Waals surface area (Å²) >= 11 is 0. The van der Waals surface area contributed by atoms with Crippen molar-refractivity contribution < 1.29 is 18.7 Å². The zero-order chi connectivity index (χ0) is 14.9. The first-order chi connectivity index (χ1) is 9.43. The Morgan fingerprint density at radius 2 is 2.10 bits per heavy atom. The lowest BCUT2D eigenvalue weighted by Crippen LogP contribution is -2.28. The number of nitrogens with zero attached hydrogens (tertiary/aromatic N) is 2. The second kappa shape index (κ2) is 5.36. The van der Waals surface area contributed by atoms with Crippen molar-refractivity contribution in [3.63, 3.8) is 0 Å². The number of hydrogen-bond acceptors (Lipinski definition) is 3. The maximum absolute atomic E-state index is 12.7. The van der Waals surface area contributed by atoms with Gasteiger partial charge in [-0.05, 0) is 18.6 Å². The van der Waals surface area contributed by atoms with Crippen LogP contribution in [-0.4, -0.2) is 20.9 Å². The van der Waals surface area contributed by atoms with E-state index in [0.29, 0.717) is 17.5 Å². The van der Waals surface area contributed by atoms with E-state index in [4.69, 9.17) is 5.11 Å². The molecule has 2 aromatic rings. The van der Waals surface area contributed by atoms with Crippen molar-refractivity contribution in [2.75, 3.05) is 0 Å². The second-order valence-corrected chi connectivity index (χ2v) is 4.26. The van der Waals surface area contributed by atoms with Crippen LogP contribution in [0.5, 0.6) is 0 Å². The van der Waals surface area contributed by atoms with E-state index in [1.54, 1.807) is 6.92 Å². The highest BCUT2D eigenvalue weighted by molar-refractivity contribution is 5.84. The van der Waals surface area contributed by atoms with Crippen molar-refractivity contribution in [2.45, 2.75) is 26.3 Å². The van der Waals surface area contributed by atoms with Gasteiger partial charge in [0.15, 0.2) is 0 Å². The molecule has 106 valence electrons. The molecule has 0 radical (unpaired) electrons. The molecule has 2 rings (SSSR count). The number of carboxylic acid groups (broad SMARTS) is 1. The smallest absolute Gasteiger partial charge is 0.325 e. The predicted octanol–water partition coefficient (Wildman–Crippen LogP) is 1.98. The molecule has 0 aliphatic carbocycles. The standard InChI is InChI=1S/C13H12F2N2O3/c1-2-10-9-5-7(12(14)15)3-4-8(9)13(20)17(16-10)6-11(18)19/h3-5,12H,2,6H2,1H3,(H,18,19). The maximum Gasteiger partial charge on any atom is 0.325 e. The minimum atomic E-state index is -2.63. The van der Waals surface area contributed by atoms with Gasteiger partial charge in [0.2, 0.25) is 0 Å². The molecular weight excluding hydrogens is 270 g/mol. The molecule has 5 nitrogen and oxygen atoms in total. The predicted molar refractivity (Wildman–Crippen MR) is 68.0 cm³/mol. The molecule has 1 heterocycles. The minimum absolute atomic E-state index is 0.190. The van der Waals surface area contributed by atoms with Crippen LogP contribution in [0.1, 0.15) is 24.6 Å². The van der Waals surface area contributed by atoms with Crippen molar-refractivity contribution in [2.24, 2.45) is 0 Å². The third-order valence-corrected chi connectivity index (χ3v) is 2.93. The average Bonchev–Trinajstić information content (AvgIpc) is 2.40. The number of fused-ring (bicyclic) bond motifs is 1. The summed E-state index contributed by atoms with van der Waals surface area (Å²) in [6.07, 6.45) is -2.23. The quantitative estimate of drug-likeness (QED) is 0.930. The van der Waals surface area contributed by atoms with Crippen LogP contribution in [0.15, 0.2) is 23.0 Å². The van der Waals surface area contributed by atoms with Crippen molar-refractivity contribution in [3.05, 3.63) is 39.8 Å². The van der Waals surface area contributed by atoms with Crippen LogP contribution < -0.4 is 5.56 Å². The molecule has 20 heavy (non-hydrogen) atoms. The Kier molecular flexibility index (Phi) is 3.78. The van der Waals surface area contributed by atoms with Crippen LogP contribution in [0, 0.1) is 0 Å². The first kappa shape index (κ1) is 14.1. The molecule has 0 spiro atoms. The van der Waals surface area contributed by atoms with Gasteiger partial charge in [-0.15, -0.1) is 0 Å². The molecule has 1 aromatic carbocycles. The molecule has 0 saturated heterocycles. The third-order valence-electron chi connectivity index (χ3n) is 2.93. The van der Waals surface area contributed by atoms with Crippen LogP contribution in [-0.2, 0) is 17.8 Å². The monoisotopic (exact) mass is 282 g/mol. The number of rotatable bonds is 4. The highest BCUT2D eigenvalue weighted by atomic mass is 19.3. The van der Waals surface area contributed by atoms with Gasteiger partial charge in [0.1, 0.15) is 6.54 Å². The Bertz CT molecular complexity index is 725. The third kappa shape index (κ3) is 2.52. The molecular formula is C13H12F2N2O3. The van der Waals surface area contributed by atoms with Crippen molar-refractivity contribution in [1.29, 1.82) is 0 Å². The number of aryl methyl sites for hydroxylation is 1. The summed E-state index contributed by atoms with van der Waals surface area (Å²) in [5, 5.41) is 13.2. The topological polar surface area (TPSA) is 72.2 Å². The van der Waals surface area contributed by atoms with Gasteiger partial charge in [-0.2, -0.15) is 5.10 Å². The minimum Gasteiger partial charge on any atom is -0.480 e. The number of aromatic nitrogens is 2. The fraction of sp³-hybridized carbons (Fsp3) is 0.308. The molecule has 0 saturated carbocycles. The van der Waals surface area contributed by atoms with Crippen molar-refractivity contribution in [3.8, 4) is 0 Å². The van der Waals surface area contributed by atoms with Crippen LogP contribution in [0.25, 0.3) is 10.8 Å². The molecule has 0 amide bonds. The zero-order valence-corrected chi connectivity index (χ0v) is 10.6. The summed E-state index contributed by atoms with van der Waals surface area (Å²) in [5.74, 6) is -1.19. The molecule has 1 aromatic heterocycles. The van der Waals surface area contributed by atoms with Gasteiger partial charge in [-0.1, -0.05) is 13.0 Å². The van der Waals surface area contributed by atoms with Gasteiger partial charge in [-0.25, -0.2) is 13.5 Å². The van der Waals surface area contributed by atoms with Gasteiger partial charge < -0.3 is 5.11 Å². The van der Waals surface area contributed by atoms with Gasteiger partial charge in [-0.3, -0.25) is 9.59 Å². The lowest BCUT2D eigenvalue weighted by atomic mass is 10.1. The summed E-state index contributed by atoms with van der Waals surface area (Å²) < 4.78 is 26.2. The van der Waals surface area contributed by atoms with Crippen LogP contribution in [0.3, 0.4) is 0 Å². The molecule has 1 N–H and O–H groups in total. The number of hydrogen-bond donors (Lipinski definition) is 1. The Morgan fingerprint density at radius 3 is 2.65 bits per heavy atom. The van der Waals surface area contributed by atoms with Crippen LogP contribution in [0.4, 0.5) is 8.78 Å². The largest absolute Gasteiger partial charge is 0.480 e. The Balaban J connectivity index is 2.74. The highest BCUT2D eigenvalue weighted by Gasteiger charge is 2.14. The summed E-state index contributed by atoms with van der Waals surface area (Å²) in [4.78, 5) is 22.8. The number of carbonyl (C=O) groups is 1. The number of aliphatic carboxylic acids is 1. The number of carboxylic acids is 1. The Morgan fingerprint density at radius 1 is 1.40 bits per heavy atom. The molecule has 0 unspecified atom stereocenters. The fourth-order valence-electron chi connectivity index (χ4n) is 2.00. The summed E-state index contributed by atoms with van der Waals surface area (Å²) in [6.45, 7) is 1.20. The van der Waals surface area contributed by atoms with E-state index in [-0.39, 0.29) is 10.9 Å². The van der Waals surface area contributed by atoms with E-state index in [0.717, 1.165) is 4.68 Å². The van der Waals surface area contributed by atoms with Gasteiger partial charge in [0.25, 0.3) is 12.0 Å². The summed E-state index contributed by atoms with van der Waals surface area (Å²) in [6, 6.07) is 3.69. The van der Waals surface area contributed by atoms with Gasteiger partial charge >= 0.3 is 5.97 Å². The molecule has 0 aliphatic heterocycles. The van der Waals surface area contributed by atoms with Crippen molar-refractivity contribution in [1.82, 2.24) is 9.78 Å². The number of halogens is 2. The van der Waals surface area contributed by atoms with E-state index < -0.39 is 24.5 Å². The molecule has 0 bridgehead atoms. The fourth-order valence-corrected chi connectivity index (χ4v) is 2.00. The first-order valence-corrected chi connectivity index (χ1v) is 5.97. The average molecular weight is 282 g/mol. The summed E-state index contributed by atoms with van der Waals surface area (Å²) in [7, 11) is 0. The van der Waals surface area contributed by atoms with Crippen LogP contribution in [0.2, 0.25) is 0 Å². The summed E-state index contributed by atoms with van der Waals surface area (Å²) in [5.41, 5.74) is -0.367. The second-order valence-electron chi connectivity index (χ2n) is 4.26. The van der Waals surface area contributed by atoms with Gasteiger partial charge in [0, 0.05) is 10.9 Å². The molecule has 0 aliphatic rings. The van der Waals surface area contributed by atoms with Gasteiger partial charge in [0.05, 0.1) is 11.1 Å². The lowest BCUT2D eigenvalue weighted by Gasteiger charge is -2.09. The normalized spacial score (nSPS) is 11.2. The Hall–Kier alpha value is -2.31. The van der Waals surface area contributed by atoms with E-state index in [1.807, 2.05) is 0 Å². The molecule has 7 heteroatoms. The zero-order valence-electron chi connectivity index (χ0n) is 10.6. The first-order valence-electron chi connectivity index (χ1n) is 5.97. The Labute approximate surface area is 112 Å². The molecule has 0 atom stereocenters. The number of benzene rings is 1. The number of alkyl halides is 2. The van der Waals surface area contributed by atoms with Crippen LogP contribution >= 0.6 is 0 Å². The van der Waals surface area contributed by atoms with E-state index >= 15 is 0 Å². The van der Waals surface area contributed by atoms with E-state index in [2.05, 4.69) is 5.10 Å². The highest BCUT2D eigenvalue weighted by Crippen LogP contribution is 2.23. The maximum atomic E-state index is 12.7. The SMILES string of the molecule is CCc1nn(CC(=O)O)c(=O)c2ccc(C(F)F)cc12. The van der Waals surface area contributed by atoms with Crippen molar-refractivity contribution >= 4 is 16.7 Å². The lowest BCUT2D eigenvalue weighted by molar-refractivity contribution is -0.138.